The molecule has 0 aromatic carbocycles. The van der Waals surface area contributed by atoms with Gasteiger partial charge >= 0.3 is 5.97 Å². The Bertz CT molecular complexity index is 707. The summed E-state index contributed by atoms with van der Waals surface area (Å²) >= 11 is 1.54. The maximum absolute atomic E-state index is 12.3. The molecule has 0 radical (unpaired) electrons. The number of carbonyl (C=O) groups excluding carboxylic acids is 1. The number of amides is 1. The third-order valence-electron chi connectivity index (χ3n) is 3.37. The fraction of sp³-hybridized carbons (Fsp3) is 0.400. The molecule has 2 N–H and O–H groups in total. The minimum atomic E-state index is -1.03. The van der Waals surface area contributed by atoms with Crippen LogP contribution < -0.4 is 5.32 Å². The van der Waals surface area contributed by atoms with Gasteiger partial charge in [-0.2, -0.15) is 13.5 Å². The van der Waals surface area contributed by atoms with Crippen molar-refractivity contribution in [3.63, 3.8) is 0 Å². The van der Waals surface area contributed by atoms with Crippen molar-refractivity contribution in [1.82, 2.24) is 14.9 Å². The van der Waals surface area contributed by atoms with Gasteiger partial charge in [0.1, 0.15) is 11.7 Å². The van der Waals surface area contributed by atoms with E-state index < -0.39 is 17.9 Å². The lowest BCUT2D eigenvalue weighted by Crippen LogP contribution is -2.44. The Labute approximate surface area is 146 Å². The quantitative estimate of drug-likeness (QED) is 0.863. The maximum atomic E-state index is 12.3. The van der Waals surface area contributed by atoms with Gasteiger partial charge in [-0.25, -0.2) is 9.78 Å². The first-order valence-electron chi connectivity index (χ1n) is 6.92. The highest BCUT2D eigenvalue weighted by molar-refractivity contribution is 7.59. The average Bonchev–Trinajstić information content (AvgIpc) is 3.01. The SMILES string of the molecule is Cc1nc(-c2cc(C(=O)N[C@H](C(=O)O)C(C)C)n(C)c2)cs1.S. The summed E-state index contributed by atoms with van der Waals surface area (Å²) in [6, 6.07) is 0.815. The number of carbonyl (C=O) groups is 2. The second-order valence-corrected chi connectivity index (χ2v) is 6.57. The van der Waals surface area contributed by atoms with Crippen LogP contribution in [0, 0.1) is 12.8 Å². The van der Waals surface area contributed by atoms with E-state index in [1.807, 2.05) is 18.5 Å². The summed E-state index contributed by atoms with van der Waals surface area (Å²) in [6.07, 6.45) is 1.81. The Kier molecular flexibility index (Phi) is 6.40. The number of rotatable bonds is 5. The van der Waals surface area contributed by atoms with E-state index in [9.17, 15) is 9.59 Å². The largest absolute Gasteiger partial charge is 0.480 e. The van der Waals surface area contributed by atoms with Gasteiger partial charge in [-0.05, 0) is 18.9 Å². The molecule has 23 heavy (non-hydrogen) atoms. The number of aryl methyl sites for hydroxylation is 2. The van der Waals surface area contributed by atoms with Crippen LogP contribution in [-0.2, 0) is 11.8 Å². The van der Waals surface area contributed by atoms with Gasteiger partial charge in [0.25, 0.3) is 5.91 Å². The van der Waals surface area contributed by atoms with Crippen molar-refractivity contribution in [2.24, 2.45) is 13.0 Å². The molecule has 0 aliphatic carbocycles. The van der Waals surface area contributed by atoms with Crippen LogP contribution in [0.5, 0.6) is 0 Å². The molecule has 126 valence electrons. The smallest absolute Gasteiger partial charge is 0.326 e. The zero-order valence-corrected chi connectivity index (χ0v) is 15.3. The minimum absolute atomic E-state index is 0. The third-order valence-corrected chi connectivity index (χ3v) is 4.15. The van der Waals surface area contributed by atoms with E-state index >= 15 is 0 Å². The van der Waals surface area contributed by atoms with E-state index in [-0.39, 0.29) is 19.4 Å². The number of carboxylic acids is 1. The van der Waals surface area contributed by atoms with Crippen molar-refractivity contribution in [3.8, 4) is 11.3 Å². The Morgan fingerprint density at radius 1 is 1.39 bits per heavy atom. The fourth-order valence-electron chi connectivity index (χ4n) is 2.16. The van der Waals surface area contributed by atoms with Gasteiger partial charge in [-0.1, -0.05) is 13.8 Å². The lowest BCUT2D eigenvalue weighted by atomic mass is 10.0. The molecule has 2 aromatic rings. The number of hydrogen-bond acceptors (Lipinski definition) is 4. The summed E-state index contributed by atoms with van der Waals surface area (Å²) in [5, 5.41) is 14.6. The second kappa shape index (κ2) is 7.65. The van der Waals surface area contributed by atoms with Crippen molar-refractivity contribution >= 4 is 36.7 Å². The topological polar surface area (TPSA) is 84.2 Å². The van der Waals surface area contributed by atoms with Crippen molar-refractivity contribution in [1.29, 1.82) is 0 Å². The van der Waals surface area contributed by atoms with Crippen LogP contribution in [0.4, 0.5) is 0 Å². The van der Waals surface area contributed by atoms with Gasteiger partial charge in [0.15, 0.2) is 0 Å². The van der Waals surface area contributed by atoms with Crippen LogP contribution in [0.25, 0.3) is 11.3 Å². The molecule has 0 saturated heterocycles. The third kappa shape index (κ3) is 4.35. The van der Waals surface area contributed by atoms with Crippen LogP contribution in [0.3, 0.4) is 0 Å². The summed E-state index contributed by atoms with van der Waals surface area (Å²) in [5.41, 5.74) is 2.07. The van der Waals surface area contributed by atoms with Crippen molar-refractivity contribution in [3.05, 3.63) is 28.3 Å². The molecule has 1 atom stereocenters. The van der Waals surface area contributed by atoms with E-state index in [4.69, 9.17) is 5.11 Å². The zero-order valence-electron chi connectivity index (χ0n) is 13.5. The molecular formula is C15H21N3O3S2. The molecule has 0 bridgehead atoms. The number of nitrogens with zero attached hydrogens (tertiary/aromatic N) is 2. The fourth-order valence-corrected chi connectivity index (χ4v) is 2.78. The zero-order chi connectivity index (χ0) is 16.4. The average molecular weight is 355 g/mol. The monoisotopic (exact) mass is 355 g/mol. The first-order chi connectivity index (χ1) is 10.3. The highest BCUT2D eigenvalue weighted by Crippen LogP contribution is 2.23. The van der Waals surface area contributed by atoms with Crippen molar-refractivity contribution in [2.45, 2.75) is 26.8 Å². The first kappa shape index (κ1) is 19.2. The number of aliphatic carboxylic acids is 1. The van der Waals surface area contributed by atoms with Crippen molar-refractivity contribution < 1.29 is 14.7 Å². The van der Waals surface area contributed by atoms with Crippen LogP contribution in [0.15, 0.2) is 17.6 Å². The molecule has 2 aromatic heterocycles. The number of nitrogens with one attached hydrogen (secondary N) is 1. The number of thiazole rings is 1. The Morgan fingerprint density at radius 2 is 2.04 bits per heavy atom. The summed E-state index contributed by atoms with van der Waals surface area (Å²) in [6.45, 7) is 5.44. The molecule has 0 aliphatic heterocycles. The van der Waals surface area contributed by atoms with Crippen LogP contribution in [-0.4, -0.2) is 32.6 Å². The molecule has 0 aliphatic rings. The predicted octanol–water partition coefficient (Wildman–Crippen LogP) is 2.41. The standard InChI is InChI=1S/C15H19N3O3S.H2S/c1-8(2)13(15(20)21)17-14(19)12-5-10(6-18(12)4)11-7-22-9(3)16-11;/h5-8,13H,1-4H3,(H,17,19)(H,20,21);1H2/t13-;/m0./s1. The molecule has 2 rings (SSSR count). The van der Waals surface area contributed by atoms with Crippen LogP contribution in [0.1, 0.15) is 29.3 Å². The van der Waals surface area contributed by atoms with E-state index in [1.54, 1.807) is 42.9 Å². The second-order valence-electron chi connectivity index (χ2n) is 5.51. The highest BCUT2D eigenvalue weighted by Gasteiger charge is 2.25. The van der Waals surface area contributed by atoms with Gasteiger partial charge < -0.3 is 15.0 Å². The maximum Gasteiger partial charge on any atom is 0.326 e. The van der Waals surface area contributed by atoms with E-state index in [0.717, 1.165) is 16.3 Å². The van der Waals surface area contributed by atoms with E-state index in [0.29, 0.717) is 5.69 Å². The molecule has 0 unspecified atom stereocenters. The highest BCUT2D eigenvalue weighted by atomic mass is 32.1. The Hall–Kier alpha value is -1.80. The molecule has 0 saturated carbocycles. The molecule has 0 fully saturated rings. The summed E-state index contributed by atoms with van der Waals surface area (Å²) in [7, 11) is 1.75. The number of aromatic nitrogens is 2. The van der Waals surface area contributed by atoms with Crippen LogP contribution in [0.2, 0.25) is 0 Å². The van der Waals surface area contributed by atoms with Gasteiger partial charge in [0.05, 0.1) is 10.7 Å². The number of carboxylic acid groups (broad SMARTS) is 1. The minimum Gasteiger partial charge on any atom is -0.480 e. The molecule has 1 amide bonds. The summed E-state index contributed by atoms with van der Waals surface area (Å²) in [4.78, 5) is 27.9. The van der Waals surface area contributed by atoms with Crippen molar-refractivity contribution in [2.75, 3.05) is 0 Å². The van der Waals surface area contributed by atoms with E-state index in [2.05, 4.69) is 10.3 Å². The van der Waals surface area contributed by atoms with Gasteiger partial charge in [0, 0.05) is 24.2 Å². The Balaban J connectivity index is 0.00000264. The predicted molar refractivity (Wildman–Crippen MR) is 95.4 cm³/mol. The summed E-state index contributed by atoms with van der Waals surface area (Å²) in [5.74, 6) is -1.63. The molecule has 6 nitrogen and oxygen atoms in total. The summed E-state index contributed by atoms with van der Waals surface area (Å²) < 4.78 is 1.68. The Morgan fingerprint density at radius 3 is 2.52 bits per heavy atom. The molecule has 2 heterocycles. The molecular weight excluding hydrogens is 334 g/mol. The van der Waals surface area contributed by atoms with E-state index in [1.165, 1.54) is 0 Å². The normalized spacial score (nSPS) is 11.9. The first-order valence-corrected chi connectivity index (χ1v) is 7.80. The van der Waals surface area contributed by atoms with Gasteiger partial charge in [0.2, 0.25) is 0 Å². The van der Waals surface area contributed by atoms with Crippen LogP contribution >= 0.6 is 24.8 Å². The van der Waals surface area contributed by atoms with Gasteiger partial charge in [-0.3, -0.25) is 4.79 Å². The lowest BCUT2D eigenvalue weighted by molar-refractivity contribution is -0.140. The number of hydrogen-bond donors (Lipinski definition) is 2. The lowest BCUT2D eigenvalue weighted by Gasteiger charge is -2.17. The van der Waals surface area contributed by atoms with Gasteiger partial charge in [-0.15, -0.1) is 11.3 Å². The molecule has 0 spiro atoms. The molecule has 8 heteroatoms.